The van der Waals surface area contributed by atoms with Crippen molar-refractivity contribution in [2.24, 2.45) is 5.73 Å². The minimum absolute atomic E-state index is 0. The topological polar surface area (TPSA) is 98.9 Å². The van der Waals surface area contributed by atoms with Crippen molar-refractivity contribution in [1.29, 1.82) is 0 Å². The minimum Gasteiger partial charge on any atom is -0.504 e. The van der Waals surface area contributed by atoms with Crippen LogP contribution in [0, 0.1) is 0 Å². The Kier molecular flexibility index (Phi) is 7.64. The van der Waals surface area contributed by atoms with Gasteiger partial charge in [0.15, 0.2) is 11.5 Å². The van der Waals surface area contributed by atoms with E-state index in [9.17, 15) is 14.7 Å². The summed E-state index contributed by atoms with van der Waals surface area (Å²) in [5.41, 5.74) is 6.38. The number of nitrogens with two attached hydrogens (primary N) is 1. The highest BCUT2D eigenvalue weighted by Crippen LogP contribution is 2.29. The molecule has 20 heavy (non-hydrogen) atoms. The fraction of sp³-hybridized carbons (Fsp3) is 0.385. The smallest absolute Gasteiger partial charge is 0.308 e. The van der Waals surface area contributed by atoms with E-state index < -0.39 is 18.0 Å². The summed E-state index contributed by atoms with van der Waals surface area (Å²) in [7, 11) is 0. The molecule has 0 aliphatic rings. The molecule has 0 amide bonds. The largest absolute Gasteiger partial charge is 0.504 e. The zero-order valence-electron chi connectivity index (χ0n) is 11.3. The van der Waals surface area contributed by atoms with Crippen molar-refractivity contribution in [2.45, 2.75) is 26.3 Å². The number of carbonyl (C=O) groups is 2. The standard InChI is InChI=1S/C13H17NO5.ClH/c1-3-18-13(17)7-10(14)9-4-5-12(11(16)6-9)19-8(2)15;/h4-6,10,16H,3,7,14H2,1-2H3;1H/t10-;/m0./s1. The quantitative estimate of drug-likeness (QED) is 0.634. The van der Waals surface area contributed by atoms with E-state index in [1.165, 1.54) is 19.1 Å². The second kappa shape index (κ2) is 8.39. The summed E-state index contributed by atoms with van der Waals surface area (Å²) < 4.78 is 9.57. The van der Waals surface area contributed by atoms with E-state index in [1.807, 2.05) is 0 Å². The Morgan fingerprint density at radius 3 is 2.55 bits per heavy atom. The molecule has 0 saturated heterocycles. The van der Waals surface area contributed by atoms with Gasteiger partial charge in [0.1, 0.15) is 0 Å². The van der Waals surface area contributed by atoms with Crippen LogP contribution >= 0.6 is 12.4 Å². The predicted molar refractivity (Wildman–Crippen MR) is 74.8 cm³/mol. The number of benzene rings is 1. The van der Waals surface area contributed by atoms with Crippen LogP contribution in [0.15, 0.2) is 18.2 Å². The number of halogens is 1. The van der Waals surface area contributed by atoms with Crippen LogP contribution < -0.4 is 10.5 Å². The maximum absolute atomic E-state index is 11.3. The van der Waals surface area contributed by atoms with Gasteiger partial charge in [0.05, 0.1) is 13.0 Å². The van der Waals surface area contributed by atoms with Gasteiger partial charge >= 0.3 is 11.9 Å². The Morgan fingerprint density at radius 1 is 1.40 bits per heavy atom. The zero-order chi connectivity index (χ0) is 14.4. The van der Waals surface area contributed by atoms with Gasteiger partial charge in [-0.15, -0.1) is 12.4 Å². The summed E-state index contributed by atoms with van der Waals surface area (Å²) in [5.74, 6) is -1.08. The van der Waals surface area contributed by atoms with Crippen molar-refractivity contribution in [1.82, 2.24) is 0 Å². The fourth-order valence-corrected chi connectivity index (χ4v) is 1.52. The van der Waals surface area contributed by atoms with Gasteiger partial charge < -0.3 is 20.3 Å². The van der Waals surface area contributed by atoms with E-state index in [0.29, 0.717) is 12.2 Å². The third-order valence-corrected chi connectivity index (χ3v) is 2.36. The van der Waals surface area contributed by atoms with Crippen LogP contribution in [0.4, 0.5) is 0 Å². The van der Waals surface area contributed by atoms with Crippen LogP contribution in [-0.2, 0) is 14.3 Å². The maximum atomic E-state index is 11.3. The van der Waals surface area contributed by atoms with Gasteiger partial charge in [-0.2, -0.15) is 0 Å². The molecule has 1 rings (SSSR count). The SMILES string of the molecule is CCOC(=O)C[C@H](N)c1ccc(OC(C)=O)c(O)c1.Cl. The van der Waals surface area contributed by atoms with E-state index >= 15 is 0 Å². The summed E-state index contributed by atoms with van der Waals surface area (Å²) in [6.45, 7) is 3.24. The van der Waals surface area contributed by atoms with Crippen molar-refractivity contribution < 1.29 is 24.2 Å². The van der Waals surface area contributed by atoms with E-state index in [1.54, 1.807) is 13.0 Å². The van der Waals surface area contributed by atoms with Gasteiger partial charge in [0.2, 0.25) is 0 Å². The first-order valence-electron chi connectivity index (χ1n) is 5.86. The molecule has 0 spiro atoms. The fourth-order valence-electron chi connectivity index (χ4n) is 1.52. The Balaban J connectivity index is 0.00000361. The summed E-state index contributed by atoms with van der Waals surface area (Å²) in [5, 5.41) is 9.68. The maximum Gasteiger partial charge on any atom is 0.308 e. The Hall–Kier alpha value is -1.79. The average molecular weight is 304 g/mol. The third-order valence-electron chi connectivity index (χ3n) is 2.36. The van der Waals surface area contributed by atoms with Crippen molar-refractivity contribution >= 4 is 24.3 Å². The van der Waals surface area contributed by atoms with E-state index in [0.717, 1.165) is 0 Å². The molecule has 7 heteroatoms. The lowest BCUT2D eigenvalue weighted by atomic mass is 10.0. The van der Waals surface area contributed by atoms with Crippen LogP contribution in [-0.4, -0.2) is 23.7 Å². The first kappa shape index (κ1) is 18.2. The molecular formula is C13H18ClNO5. The van der Waals surface area contributed by atoms with Crippen LogP contribution in [0.1, 0.15) is 31.9 Å². The number of aromatic hydroxyl groups is 1. The van der Waals surface area contributed by atoms with Gasteiger partial charge in [-0.05, 0) is 24.6 Å². The lowest BCUT2D eigenvalue weighted by molar-refractivity contribution is -0.143. The number of rotatable bonds is 5. The third kappa shape index (κ3) is 5.46. The van der Waals surface area contributed by atoms with Crippen molar-refractivity contribution in [2.75, 3.05) is 6.61 Å². The van der Waals surface area contributed by atoms with Gasteiger partial charge in [0.25, 0.3) is 0 Å². The van der Waals surface area contributed by atoms with E-state index in [4.69, 9.17) is 15.2 Å². The first-order chi connectivity index (χ1) is 8.93. The molecule has 0 aromatic heterocycles. The lowest BCUT2D eigenvalue weighted by Gasteiger charge is -2.13. The molecule has 1 aromatic rings. The Bertz CT molecular complexity index is 478. The monoisotopic (exact) mass is 303 g/mol. The van der Waals surface area contributed by atoms with Crippen LogP contribution in [0.3, 0.4) is 0 Å². The molecule has 1 atom stereocenters. The molecule has 0 heterocycles. The molecule has 112 valence electrons. The molecule has 0 radical (unpaired) electrons. The average Bonchev–Trinajstić information content (AvgIpc) is 2.31. The van der Waals surface area contributed by atoms with Gasteiger partial charge in [-0.3, -0.25) is 9.59 Å². The second-order valence-electron chi connectivity index (χ2n) is 3.94. The molecule has 0 bridgehead atoms. The number of hydrogen-bond acceptors (Lipinski definition) is 6. The van der Waals surface area contributed by atoms with Crippen LogP contribution in [0.25, 0.3) is 0 Å². The molecule has 0 aliphatic heterocycles. The minimum atomic E-state index is -0.587. The van der Waals surface area contributed by atoms with E-state index in [2.05, 4.69) is 0 Å². The summed E-state index contributed by atoms with van der Waals surface area (Å²) in [4.78, 5) is 22.1. The van der Waals surface area contributed by atoms with E-state index in [-0.39, 0.29) is 30.3 Å². The van der Waals surface area contributed by atoms with Gasteiger partial charge in [-0.25, -0.2) is 0 Å². The molecule has 0 saturated carbocycles. The van der Waals surface area contributed by atoms with Crippen LogP contribution in [0.2, 0.25) is 0 Å². The molecule has 0 aliphatic carbocycles. The second-order valence-corrected chi connectivity index (χ2v) is 3.94. The summed E-state index contributed by atoms with van der Waals surface area (Å²) in [6, 6.07) is 3.79. The molecular weight excluding hydrogens is 286 g/mol. The molecule has 0 fully saturated rings. The molecule has 0 unspecified atom stereocenters. The number of hydrogen-bond donors (Lipinski definition) is 2. The van der Waals surface area contributed by atoms with Crippen molar-refractivity contribution in [3.05, 3.63) is 23.8 Å². The number of ether oxygens (including phenoxy) is 2. The Morgan fingerprint density at radius 2 is 2.05 bits per heavy atom. The van der Waals surface area contributed by atoms with Gasteiger partial charge in [0, 0.05) is 13.0 Å². The van der Waals surface area contributed by atoms with Crippen molar-refractivity contribution in [3.63, 3.8) is 0 Å². The van der Waals surface area contributed by atoms with Crippen molar-refractivity contribution in [3.8, 4) is 11.5 Å². The number of carbonyl (C=O) groups excluding carboxylic acids is 2. The number of phenolic OH excluding ortho intramolecular Hbond substituents is 1. The first-order valence-corrected chi connectivity index (χ1v) is 5.86. The highest BCUT2D eigenvalue weighted by atomic mass is 35.5. The Labute approximate surface area is 123 Å². The zero-order valence-corrected chi connectivity index (χ0v) is 12.1. The summed E-state index contributed by atoms with van der Waals surface area (Å²) in [6.07, 6.45) is 0.0141. The molecule has 3 N–H and O–H groups in total. The van der Waals surface area contributed by atoms with Gasteiger partial charge in [-0.1, -0.05) is 6.07 Å². The highest BCUT2D eigenvalue weighted by Gasteiger charge is 2.15. The number of esters is 2. The predicted octanol–water partition coefficient (Wildman–Crippen LogP) is 1.69. The number of phenols is 1. The lowest BCUT2D eigenvalue weighted by Crippen LogP contribution is -2.17. The van der Waals surface area contributed by atoms with Crippen LogP contribution in [0.5, 0.6) is 11.5 Å². The molecule has 1 aromatic carbocycles. The molecule has 6 nitrogen and oxygen atoms in total. The summed E-state index contributed by atoms with van der Waals surface area (Å²) >= 11 is 0. The normalized spacial score (nSPS) is 11.2. The highest BCUT2D eigenvalue weighted by molar-refractivity contribution is 5.85.